The van der Waals surface area contributed by atoms with Gasteiger partial charge in [0, 0.05) is 48.5 Å². The maximum Gasteiger partial charge on any atom is 0.233 e. The van der Waals surface area contributed by atoms with E-state index in [1.165, 1.54) is 18.4 Å². The number of aromatic nitrogens is 3. The van der Waals surface area contributed by atoms with Gasteiger partial charge in [0.05, 0.1) is 17.3 Å². The number of rotatable bonds is 4. The molecule has 1 unspecified atom stereocenters. The highest BCUT2D eigenvalue weighted by atomic mass is 16.1. The van der Waals surface area contributed by atoms with Gasteiger partial charge in [-0.3, -0.25) is 14.8 Å². The van der Waals surface area contributed by atoms with Gasteiger partial charge in [-0.1, -0.05) is 6.07 Å². The highest BCUT2D eigenvalue weighted by Crippen LogP contribution is 2.33. The number of anilines is 2. The third-order valence-electron chi connectivity index (χ3n) is 6.25. The van der Waals surface area contributed by atoms with Gasteiger partial charge in [-0.2, -0.15) is 0 Å². The summed E-state index contributed by atoms with van der Waals surface area (Å²) in [6.45, 7) is 4.03. The molecule has 6 heteroatoms. The van der Waals surface area contributed by atoms with Crippen LogP contribution in [0.4, 0.5) is 11.5 Å². The second-order valence-corrected chi connectivity index (χ2v) is 8.46. The first-order valence-electron chi connectivity index (χ1n) is 11.1. The SMILES string of the molecule is Cc1ccc(-c2ccc3c(n2)C(C(=O)Nc2ccnc(N4CCCC4)c2)CCC3)cn1. The molecule has 3 aromatic heterocycles. The molecule has 0 bridgehead atoms. The first-order chi connectivity index (χ1) is 15.2. The normalized spacial score (nSPS) is 18.0. The summed E-state index contributed by atoms with van der Waals surface area (Å²) in [5.74, 6) is 0.698. The number of fused-ring (bicyclic) bond motifs is 1. The van der Waals surface area contributed by atoms with E-state index < -0.39 is 0 Å². The van der Waals surface area contributed by atoms with E-state index in [4.69, 9.17) is 4.98 Å². The van der Waals surface area contributed by atoms with E-state index in [9.17, 15) is 4.79 Å². The fourth-order valence-electron chi connectivity index (χ4n) is 4.53. The summed E-state index contributed by atoms with van der Waals surface area (Å²) in [4.78, 5) is 29.3. The summed E-state index contributed by atoms with van der Waals surface area (Å²) < 4.78 is 0. The molecule has 0 saturated carbocycles. The topological polar surface area (TPSA) is 71.0 Å². The minimum atomic E-state index is -0.245. The van der Waals surface area contributed by atoms with Crippen LogP contribution < -0.4 is 10.2 Å². The predicted octanol–water partition coefficient (Wildman–Crippen LogP) is 4.51. The number of nitrogens with zero attached hydrogens (tertiary/aromatic N) is 4. The lowest BCUT2D eigenvalue weighted by atomic mass is 9.85. The minimum absolute atomic E-state index is 0.00574. The quantitative estimate of drug-likeness (QED) is 0.682. The van der Waals surface area contributed by atoms with Crippen LogP contribution in [0, 0.1) is 6.92 Å². The van der Waals surface area contributed by atoms with Crippen molar-refractivity contribution in [1.29, 1.82) is 0 Å². The van der Waals surface area contributed by atoms with E-state index in [-0.39, 0.29) is 11.8 Å². The fraction of sp³-hybridized carbons (Fsp3) is 0.360. The highest BCUT2D eigenvalue weighted by molar-refractivity contribution is 5.96. The van der Waals surface area contributed by atoms with Crippen LogP contribution in [0.2, 0.25) is 0 Å². The Morgan fingerprint density at radius 1 is 1.06 bits per heavy atom. The molecule has 5 rings (SSSR count). The second-order valence-electron chi connectivity index (χ2n) is 8.46. The Bertz CT molecular complexity index is 1090. The van der Waals surface area contributed by atoms with Gasteiger partial charge in [-0.25, -0.2) is 4.98 Å². The molecular weight excluding hydrogens is 386 g/mol. The van der Waals surface area contributed by atoms with Crippen LogP contribution in [0.3, 0.4) is 0 Å². The van der Waals surface area contributed by atoms with E-state index in [2.05, 4.69) is 26.3 Å². The molecule has 1 aliphatic carbocycles. The lowest BCUT2D eigenvalue weighted by Gasteiger charge is -2.24. The molecular formula is C25H27N5O. The first kappa shape index (κ1) is 19.7. The molecule has 6 nitrogen and oxygen atoms in total. The lowest BCUT2D eigenvalue weighted by molar-refractivity contribution is -0.118. The third-order valence-corrected chi connectivity index (χ3v) is 6.25. The van der Waals surface area contributed by atoms with Crippen molar-refractivity contribution in [3.05, 3.63) is 65.7 Å². The maximum absolute atomic E-state index is 13.3. The van der Waals surface area contributed by atoms with Crippen molar-refractivity contribution in [2.45, 2.75) is 44.9 Å². The summed E-state index contributed by atoms with van der Waals surface area (Å²) >= 11 is 0. The Morgan fingerprint density at radius 3 is 2.74 bits per heavy atom. The predicted molar refractivity (Wildman–Crippen MR) is 122 cm³/mol. The molecule has 1 N–H and O–H groups in total. The zero-order valence-electron chi connectivity index (χ0n) is 17.8. The number of amides is 1. The number of aryl methyl sites for hydroxylation is 2. The van der Waals surface area contributed by atoms with Gasteiger partial charge < -0.3 is 10.2 Å². The molecule has 0 spiro atoms. The van der Waals surface area contributed by atoms with Gasteiger partial charge in [0.1, 0.15) is 5.82 Å². The Hall–Kier alpha value is -3.28. The summed E-state index contributed by atoms with van der Waals surface area (Å²) in [5.41, 5.74) is 5.68. The average Bonchev–Trinajstić information content (AvgIpc) is 3.34. The monoisotopic (exact) mass is 413 g/mol. The largest absolute Gasteiger partial charge is 0.357 e. The highest BCUT2D eigenvalue weighted by Gasteiger charge is 2.28. The third kappa shape index (κ3) is 4.15. The molecule has 0 radical (unpaired) electrons. The van der Waals surface area contributed by atoms with Crippen LogP contribution in [-0.4, -0.2) is 33.9 Å². The zero-order chi connectivity index (χ0) is 21.2. The van der Waals surface area contributed by atoms with Gasteiger partial charge in [-0.15, -0.1) is 0 Å². The Kier molecular flexibility index (Phi) is 5.37. The van der Waals surface area contributed by atoms with Crippen LogP contribution in [-0.2, 0) is 11.2 Å². The van der Waals surface area contributed by atoms with E-state index in [1.54, 1.807) is 6.20 Å². The van der Waals surface area contributed by atoms with Crippen LogP contribution in [0.1, 0.15) is 48.6 Å². The van der Waals surface area contributed by atoms with Crippen molar-refractivity contribution in [2.75, 3.05) is 23.3 Å². The smallest absolute Gasteiger partial charge is 0.233 e. The first-order valence-corrected chi connectivity index (χ1v) is 11.1. The summed E-state index contributed by atoms with van der Waals surface area (Å²) in [7, 11) is 0. The number of carbonyl (C=O) groups excluding carboxylic acids is 1. The van der Waals surface area contributed by atoms with Crippen molar-refractivity contribution >= 4 is 17.4 Å². The fourth-order valence-corrected chi connectivity index (χ4v) is 4.53. The van der Waals surface area contributed by atoms with Crippen molar-refractivity contribution in [3.8, 4) is 11.3 Å². The lowest BCUT2D eigenvalue weighted by Crippen LogP contribution is -2.26. The van der Waals surface area contributed by atoms with Crippen LogP contribution in [0.25, 0.3) is 11.3 Å². The van der Waals surface area contributed by atoms with Crippen LogP contribution in [0.5, 0.6) is 0 Å². The van der Waals surface area contributed by atoms with Crippen molar-refractivity contribution in [1.82, 2.24) is 15.0 Å². The molecule has 1 atom stereocenters. The Balaban J connectivity index is 1.39. The molecule has 3 aromatic rings. The number of hydrogen-bond acceptors (Lipinski definition) is 5. The van der Waals surface area contributed by atoms with E-state index in [1.807, 2.05) is 43.5 Å². The standard InChI is InChI=1S/C25H27N5O/c1-17-7-8-19(16-27-17)22-10-9-18-5-4-6-21(24(18)29-22)25(31)28-20-11-12-26-23(15-20)30-13-2-3-14-30/h7-12,15-16,21H,2-6,13-14H2,1H3,(H,26,28,31). The van der Waals surface area contributed by atoms with Gasteiger partial charge in [0.25, 0.3) is 0 Å². The number of hydrogen-bond donors (Lipinski definition) is 1. The Morgan fingerprint density at radius 2 is 1.94 bits per heavy atom. The molecule has 1 fully saturated rings. The van der Waals surface area contributed by atoms with Crippen molar-refractivity contribution in [3.63, 3.8) is 0 Å². The van der Waals surface area contributed by atoms with Crippen LogP contribution in [0.15, 0.2) is 48.8 Å². The Labute approximate surface area is 182 Å². The number of nitrogens with one attached hydrogen (secondary N) is 1. The molecule has 31 heavy (non-hydrogen) atoms. The summed E-state index contributed by atoms with van der Waals surface area (Å²) in [6, 6.07) is 12.0. The summed E-state index contributed by atoms with van der Waals surface area (Å²) in [6.07, 6.45) is 8.78. The van der Waals surface area contributed by atoms with Gasteiger partial charge in [0.15, 0.2) is 0 Å². The van der Waals surface area contributed by atoms with E-state index >= 15 is 0 Å². The summed E-state index contributed by atoms with van der Waals surface area (Å²) in [5, 5.41) is 3.13. The molecule has 1 saturated heterocycles. The van der Waals surface area contributed by atoms with Crippen molar-refractivity contribution < 1.29 is 4.79 Å². The minimum Gasteiger partial charge on any atom is -0.357 e. The molecule has 158 valence electrons. The molecule has 4 heterocycles. The van der Waals surface area contributed by atoms with Gasteiger partial charge in [-0.05, 0) is 68.9 Å². The number of carbonyl (C=O) groups is 1. The van der Waals surface area contributed by atoms with E-state index in [0.717, 1.165) is 66.5 Å². The van der Waals surface area contributed by atoms with Gasteiger partial charge in [0.2, 0.25) is 5.91 Å². The maximum atomic E-state index is 13.3. The zero-order valence-corrected chi connectivity index (χ0v) is 17.8. The molecule has 1 aliphatic heterocycles. The average molecular weight is 414 g/mol. The number of pyridine rings is 3. The van der Waals surface area contributed by atoms with Gasteiger partial charge >= 0.3 is 0 Å². The van der Waals surface area contributed by atoms with Crippen LogP contribution >= 0.6 is 0 Å². The van der Waals surface area contributed by atoms with Crippen molar-refractivity contribution in [2.24, 2.45) is 0 Å². The molecule has 2 aliphatic rings. The van der Waals surface area contributed by atoms with E-state index in [0.29, 0.717) is 0 Å². The molecule has 1 amide bonds. The second kappa shape index (κ2) is 8.46. The molecule has 0 aromatic carbocycles.